The van der Waals surface area contributed by atoms with Crippen molar-refractivity contribution in [3.63, 3.8) is 0 Å². The van der Waals surface area contributed by atoms with Crippen LogP contribution >= 0.6 is 0 Å². The molecule has 0 spiro atoms. The lowest BCUT2D eigenvalue weighted by molar-refractivity contribution is -0.157. The predicted molar refractivity (Wildman–Crippen MR) is 40.1 cm³/mol. The van der Waals surface area contributed by atoms with Crippen LogP contribution in [0.1, 0.15) is 6.42 Å². The molecule has 0 aliphatic carbocycles. The first kappa shape index (κ1) is 10.3. The maximum absolute atomic E-state index is 11.9. The second-order valence-electron chi connectivity index (χ2n) is 3.00. The molecule has 1 heterocycles. The normalized spacial score (nSPS) is 24.2. The van der Waals surface area contributed by atoms with Gasteiger partial charge in [0.05, 0.1) is 6.04 Å². The molecule has 6 heteroatoms. The standard InChI is InChI=1S/C7H11F3N2O/c1-11-5-2-3-12(6(5)13)4-7(8,9)10/h5,11H,2-4H2,1H3. The Hall–Kier alpha value is -0.780. The molecule has 1 rings (SSSR count). The van der Waals surface area contributed by atoms with Crippen LogP contribution in [0.3, 0.4) is 0 Å². The van der Waals surface area contributed by atoms with E-state index in [-0.39, 0.29) is 6.54 Å². The molecule has 0 aromatic heterocycles. The van der Waals surface area contributed by atoms with E-state index in [1.165, 1.54) is 0 Å². The topological polar surface area (TPSA) is 32.3 Å². The van der Waals surface area contributed by atoms with Crippen molar-refractivity contribution < 1.29 is 18.0 Å². The highest BCUT2D eigenvalue weighted by Crippen LogP contribution is 2.20. The van der Waals surface area contributed by atoms with Crippen molar-refractivity contribution in [2.45, 2.75) is 18.6 Å². The van der Waals surface area contributed by atoms with Crippen molar-refractivity contribution >= 4 is 5.91 Å². The van der Waals surface area contributed by atoms with Gasteiger partial charge in [-0.2, -0.15) is 13.2 Å². The number of nitrogens with zero attached hydrogens (tertiary/aromatic N) is 1. The Kier molecular flexibility index (Phi) is 2.80. The number of rotatable bonds is 2. The maximum Gasteiger partial charge on any atom is 0.406 e. The van der Waals surface area contributed by atoms with Gasteiger partial charge in [0.1, 0.15) is 6.54 Å². The number of carbonyl (C=O) groups excluding carboxylic acids is 1. The van der Waals surface area contributed by atoms with E-state index >= 15 is 0 Å². The molecule has 1 aliphatic heterocycles. The lowest BCUT2D eigenvalue weighted by Gasteiger charge is -2.18. The minimum atomic E-state index is -4.29. The number of likely N-dealkylation sites (tertiary alicyclic amines) is 1. The molecule has 1 saturated heterocycles. The van der Waals surface area contributed by atoms with E-state index in [4.69, 9.17) is 0 Å². The smallest absolute Gasteiger partial charge is 0.332 e. The SMILES string of the molecule is CNC1CCN(CC(F)(F)F)C1=O. The first-order chi connectivity index (χ1) is 5.94. The van der Waals surface area contributed by atoms with Crippen LogP contribution in [0.25, 0.3) is 0 Å². The number of likely N-dealkylation sites (N-methyl/N-ethyl adjacent to an activating group) is 1. The summed E-state index contributed by atoms with van der Waals surface area (Å²) in [6.45, 7) is -0.951. The summed E-state index contributed by atoms with van der Waals surface area (Å²) >= 11 is 0. The second kappa shape index (κ2) is 3.53. The average molecular weight is 196 g/mol. The Balaban J connectivity index is 2.51. The van der Waals surface area contributed by atoms with E-state index < -0.39 is 24.7 Å². The highest BCUT2D eigenvalue weighted by atomic mass is 19.4. The van der Waals surface area contributed by atoms with Gasteiger partial charge < -0.3 is 10.2 Å². The van der Waals surface area contributed by atoms with Crippen LogP contribution in [0.15, 0.2) is 0 Å². The monoisotopic (exact) mass is 196 g/mol. The predicted octanol–water partition coefficient (Wildman–Crippen LogP) is 0.369. The van der Waals surface area contributed by atoms with Gasteiger partial charge in [0.25, 0.3) is 0 Å². The third-order valence-electron chi connectivity index (χ3n) is 2.02. The lowest BCUT2D eigenvalue weighted by Crippen LogP contribution is -2.40. The van der Waals surface area contributed by atoms with Crippen molar-refractivity contribution in [3.8, 4) is 0 Å². The molecule has 0 bridgehead atoms. The molecule has 0 aromatic carbocycles. The van der Waals surface area contributed by atoms with Crippen molar-refractivity contribution in [1.82, 2.24) is 10.2 Å². The van der Waals surface area contributed by atoms with Crippen LogP contribution in [-0.2, 0) is 4.79 Å². The zero-order valence-corrected chi connectivity index (χ0v) is 7.19. The number of hydrogen-bond donors (Lipinski definition) is 1. The molecule has 0 radical (unpaired) electrons. The molecule has 76 valence electrons. The lowest BCUT2D eigenvalue weighted by atomic mass is 10.3. The molecule has 1 aliphatic rings. The van der Waals surface area contributed by atoms with Crippen LogP contribution in [0, 0.1) is 0 Å². The summed E-state index contributed by atoms with van der Waals surface area (Å²) in [4.78, 5) is 12.0. The van der Waals surface area contributed by atoms with E-state index in [2.05, 4.69) is 5.32 Å². The largest absolute Gasteiger partial charge is 0.406 e. The van der Waals surface area contributed by atoms with E-state index in [1.54, 1.807) is 7.05 Å². The van der Waals surface area contributed by atoms with Crippen LogP contribution < -0.4 is 5.32 Å². The van der Waals surface area contributed by atoms with Crippen molar-refractivity contribution in [2.24, 2.45) is 0 Å². The molecular weight excluding hydrogens is 185 g/mol. The zero-order chi connectivity index (χ0) is 10.1. The van der Waals surface area contributed by atoms with E-state index in [0.29, 0.717) is 6.42 Å². The molecule has 1 N–H and O–H groups in total. The third-order valence-corrected chi connectivity index (χ3v) is 2.02. The summed E-state index contributed by atoms with van der Waals surface area (Å²) in [6.07, 6.45) is -3.84. The van der Waals surface area contributed by atoms with Gasteiger partial charge in [-0.3, -0.25) is 4.79 Å². The molecule has 0 saturated carbocycles. The fraction of sp³-hybridized carbons (Fsp3) is 0.857. The quantitative estimate of drug-likeness (QED) is 0.692. The summed E-state index contributed by atoms with van der Waals surface area (Å²) in [6, 6.07) is -0.442. The molecular formula is C7H11F3N2O. The van der Waals surface area contributed by atoms with Gasteiger partial charge in [0, 0.05) is 6.54 Å². The number of carbonyl (C=O) groups is 1. The fourth-order valence-electron chi connectivity index (χ4n) is 1.38. The van der Waals surface area contributed by atoms with Crippen molar-refractivity contribution in [1.29, 1.82) is 0 Å². The van der Waals surface area contributed by atoms with Crippen LogP contribution in [0.5, 0.6) is 0 Å². The van der Waals surface area contributed by atoms with Crippen molar-refractivity contribution in [2.75, 3.05) is 20.1 Å². The number of alkyl halides is 3. The summed E-state index contributed by atoms with van der Waals surface area (Å²) in [5.41, 5.74) is 0. The first-order valence-electron chi connectivity index (χ1n) is 3.97. The molecule has 1 amide bonds. The van der Waals surface area contributed by atoms with Gasteiger partial charge in [-0.25, -0.2) is 0 Å². The van der Waals surface area contributed by atoms with Gasteiger partial charge in [-0.05, 0) is 13.5 Å². The molecule has 1 unspecified atom stereocenters. The first-order valence-corrected chi connectivity index (χ1v) is 3.97. The van der Waals surface area contributed by atoms with E-state index in [0.717, 1.165) is 4.90 Å². The van der Waals surface area contributed by atoms with Crippen LogP contribution in [-0.4, -0.2) is 43.2 Å². The van der Waals surface area contributed by atoms with Gasteiger partial charge >= 0.3 is 6.18 Å². The Morgan fingerprint density at radius 3 is 2.62 bits per heavy atom. The Morgan fingerprint density at radius 1 is 1.62 bits per heavy atom. The molecule has 0 aromatic rings. The number of nitrogens with one attached hydrogen (secondary N) is 1. The number of amides is 1. The van der Waals surface area contributed by atoms with Gasteiger partial charge in [0.15, 0.2) is 0 Å². The summed E-state index contributed by atoms with van der Waals surface area (Å²) in [5, 5.41) is 2.67. The Labute approximate surface area is 73.9 Å². The third kappa shape index (κ3) is 2.58. The minimum Gasteiger partial charge on any atom is -0.332 e. The zero-order valence-electron chi connectivity index (χ0n) is 7.19. The number of hydrogen-bond acceptors (Lipinski definition) is 2. The maximum atomic E-state index is 11.9. The van der Waals surface area contributed by atoms with Crippen LogP contribution in [0.4, 0.5) is 13.2 Å². The molecule has 1 atom stereocenters. The Morgan fingerprint density at radius 2 is 2.23 bits per heavy atom. The van der Waals surface area contributed by atoms with Gasteiger partial charge in [-0.15, -0.1) is 0 Å². The second-order valence-corrected chi connectivity index (χ2v) is 3.00. The Bertz CT molecular complexity index is 204. The summed E-state index contributed by atoms with van der Waals surface area (Å²) < 4.78 is 35.7. The molecule has 13 heavy (non-hydrogen) atoms. The summed E-state index contributed by atoms with van der Waals surface area (Å²) in [5.74, 6) is -0.458. The molecule has 3 nitrogen and oxygen atoms in total. The fourth-order valence-corrected chi connectivity index (χ4v) is 1.38. The highest BCUT2D eigenvalue weighted by molar-refractivity contribution is 5.83. The van der Waals surface area contributed by atoms with Gasteiger partial charge in [-0.1, -0.05) is 0 Å². The number of halogens is 3. The van der Waals surface area contributed by atoms with Gasteiger partial charge in [0.2, 0.25) is 5.91 Å². The van der Waals surface area contributed by atoms with Crippen molar-refractivity contribution in [3.05, 3.63) is 0 Å². The van der Waals surface area contributed by atoms with Crippen LogP contribution in [0.2, 0.25) is 0 Å². The highest BCUT2D eigenvalue weighted by Gasteiger charge is 2.38. The van der Waals surface area contributed by atoms with E-state index in [1.807, 2.05) is 0 Å². The molecule has 1 fully saturated rings. The average Bonchev–Trinajstić information content (AvgIpc) is 2.30. The summed E-state index contributed by atoms with van der Waals surface area (Å²) in [7, 11) is 1.57. The van der Waals surface area contributed by atoms with E-state index in [9.17, 15) is 18.0 Å². The minimum absolute atomic E-state index is 0.184.